The van der Waals surface area contributed by atoms with Gasteiger partial charge in [-0.25, -0.2) is 0 Å². The summed E-state index contributed by atoms with van der Waals surface area (Å²) in [7, 11) is 0. The Morgan fingerprint density at radius 2 is 1.55 bits per heavy atom. The van der Waals surface area contributed by atoms with E-state index >= 15 is 0 Å². The molecule has 114 valence electrons. The molecule has 2 aliphatic carbocycles. The number of carbonyl (C=O) groups is 2. The van der Waals surface area contributed by atoms with E-state index in [0.29, 0.717) is 18.4 Å². The molecule has 2 fully saturated rings. The van der Waals surface area contributed by atoms with Crippen LogP contribution in [0.4, 0.5) is 0 Å². The van der Waals surface area contributed by atoms with Gasteiger partial charge in [0.05, 0.1) is 5.54 Å². The van der Waals surface area contributed by atoms with E-state index in [1.165, 1.54) is 0 Å². The normalized spacial score (nSPS) is 34.3. The molecule has 5 atom stereocenters. The number of carbonyl (C=O) groups excluding carboxylic acids is 2. The first-order chi connectivity index (χ1) is 9.24. The summed E-state index contributed by atoms with van der Waals surface area (Å²) in [6.45, 7) is 10.9. The maximum absolute atomic E-state index is 12.2. The van der Waals surface area contributed by atoms with E-state index in [0.717, 1.165) is 12.8 Å². The molecule has 0 saturated heterocycles. The van der Waals surface area contributed by atoms with Crippen molar-refractivity contribution >= 4 is 11.8 Å². The SMILES string of the molecule is CC(C)[C@](C)(CNC(=O)[C@H]1C[C@H]1C)NC(=O)[C@@H]1C[C@H]1C. The van der Waals surface area contributed by atoms with Crippen LogP contribution in [0.1, 0.15) is 47.5 Å². The van der Waals surface area contributed by atoms with E-state index in [1.54, 1.807) is 0 Å². The van der Waals surface area contributed by atoms with E-state index < -0.39 is 0 Å². The first-order valence-electron chi connectivity index (χ1n) is 7.84. The van der Waals surface area contributed by atoms with Gasteiger partial charge in [-0.15, -0.1) is 0 Å². The van der Waals surface area contributed by atoms with Crippen molar-refractivity contribution in [3.8, 4) is 0 Å². The maximum atomic E-state index is 12.2. The van der Waals surface area contributed by atoms with Crippen LogP contribution >= 0.6 is 0 Å². The Morgan fingerprint density at radius 3 is 1.95 bits per heavy atom. The van der Waals surface area contributed by atoms with E-state index in [9.17, 15) is 9.59 Å². The minimum Gasteiger partial charge on any atom is -0.354 e. The lowest BCUT2D eigenvalue weighted by Gasteiger charge is -2.35. The molecule has 0 aliphatic heterocycles. The molecule has 0 aromatic heterocycles. The second-order valence-corrected chi connectivity index (χ2v) is 7.42. The van der Waals surface area contributed by atoms with Gasteiger partial charge in [0.2, 0.25) is 11.8 Å². The number of amides is 2. The summed E-state index contributed by atoms with van der Waals surface area (Å²) in [5.41, 5.74) is -0.368. The van der Waals surface area contributed by atoms with E-state index in [4.69, 9.17) is 0 Å². The van der Waals surface area contributed by atoms with Crippen molar-refractivity contribution < 1.29 is 9.59 Å². The molecule has 4 heteroatoms. The Bertz CT molecular complexity index is 407. The van der Waals surface area contributed by atoms with Gasteiger partial charge in [0.25, 0.3) is 0 Å². The fourth-order valence-electron chi connectivity index (χ4n) is 2.54. The van der Waals surface area contributed by atoms with Crippen LogP contribution in [0.15, 0.2) is 0 Å². The molecule has 2 N–H and O–H groups in total. The predicted molar refractivity (Wildman–Crippen MR) is 78.9 cm³/mol. The van der Waals surface area contributed by atoms with Gasteiger partial charge in [-0.3, -0.25) is 9.59 Å². The minimum absolute atomic E-state index is 0.137. The quantitative estimate of drug-likeness (QED) is 0.781. The molecule has 0 unspecified atom stereocenters. The minimum atomic E-state index is -0.368. The Kier molecular flexibility index (Phi) is 4.12. The fourth-order valence-corrected chi connectivity index (χ4v) is 2.54. The van der Waals surface area contributed by atoms with Gasteiger partial charge in [-0.05, 0) is 37.5 Å². The van der Waals surface area contributed by atoms with Gasteiger partial charge >= 0.3 is 0 Å². The summed E-state index contributed by atoms with van der Waals surface area (Å²) >= 11 is 0. The first-order valence-corrected chi connectivity index (χ1v) is 7.84. The van der Waals surface area contributed by atoms with Crippen LogP contribution in [0.2, 0.25) is 0 Å². The largest absolute Gasteiger partial charge is 0.354 e. The second kappa shape index (κ2) is 5.38. The second-order valence-electron chi connectivity index (χ2n) is 7.42. The van der Waals surface area contributed by atoms with Crippen molar-refractivity contribution in [2.75, 3.05) is 6.54 Å². The molecule has 0 aromatic rings. The molecule has 0 radical (unpaired) electrons. The molecule has 0 aromatic carbocycles. The lowest BCUT2D eigenvalue weighted by atomic mass is 9.87. The number of rotatable bonds is 6. The summed E-state index contributed by atoms with van der Waals surface area (Å²) in [5, 5.41) is 6.18. The Labute approximate surface area is 122 Å². The monoisotopic (exact) mass is 280 g/mol. The van der Waals surface area contributed by atoms with Crippen molar-refractivity contribution in [2.45, 2.75) is 53.0 Å². The molecule has 2 rings (SSSR count). The Balaban J connectivity index is 1.87. The third-order valence-electron chi connectivity index (χ3n) is 5.21. The zero-order chi connectivity index (χ0) is 15.1. The van der Waals surface area contributed by atoms with Crippen molar-refractivity contribution in [3.63, 3.8) is 0 Å². The summed E-state index contributed by atoms with van der Waals surface area (Å²) in [4.78, 5) is 24.1. The highest BCUT2D eigenvalue weighted by Gasteiger charge is 2.43. The first kappa shape index (κ1) is 15.3. The van der Waals surface area contributed by atoms with Crippen LogP contribution in [-0.4, -0.2) is 23.9 Å². The third kappa shape index (κ3) is 3.33. The van der Waals surface area contributed by atoms with Crippen molar-refractivity contribution in [3.05, 3.63) is 0 Å². The maximum Gasteiger partial charge on any atom is 0.223 e. The zero-order valence-electron chi connectivity index (χ0n) is 13.3. The molecule has 2 amide bonds. The van der Waals surface area contributed by atoms with Gasteiger partial charge in [-0.2, -0.15) is 0 Å². The number of hydrogen-bond donors (Lipinski definition) is 2. The number of hydrogen-bond acceptors (Lipinski definition) is 2. The van der Waals surface area contributed by atoms with Gasteiger partial charge < -0.3 is 10.6 Å². The molecule has 20 heavy (non-hydrogen) atoms. The van der Waals surface area contributed by atoms with E-state index in [1.807, 2.05) is 6.92 Å². The van der Waals surface area contributed by atoms with Crippen LogP contribution in [0.5, 0.6) is 0 Å². The summed E-state index contributed by atoms with van der Waals surface area (Å²) in [6.07, 6.45) is 1.99. The standard InChI is InChI=1S/C16H28N2O2/c1-9(2)16(5,18-15(20)13-7-11(13)4)8-17-14(19)12-6-10(12)3/h9-13H,6-8H2,1-5H3,(H,17,19)(H,18,20)/t10-,11-,12+,13-,16+/m1/s1. The Hall–Kier alpha value is -1.06. The summed E-state index contributed by atoms with van der Waals surface area (Å²) in [6, 6.07) is 0. The molecular weight excluding hydrogens is 252 g/mol. The lowest BCUT2D eigenvalue weighted by molar-refractivity contribution is -0.126. The molecule has 0 heterocycles. The Morgan fingerprint density at radius 1 is 1.10 bits per heavy atom. The van der Waals surface area contributed by atoms with Gasteiger partial charge in [-0.1, -0.05) is 27.7 Å². The molecule has 2 aliphatic rings. The number of nitrogens with one attached hydrogen (secondary N) is 2. The summed E-state index contributed by atoms with van der Waals surface area (Å²) < 4.78 is 0. The van der Waals surface area contributed by atoms with Gasteiger partial charge in [0.1, 0.15) is 0 Å². The van der Waals surface area contributed by atoms with Gasteiger partial charge in [0, 0.05) is 18.4 Å². The summed E-state index contributed by atoms with van der Waals surface area (Å²) in [5.74, 6) is 1.94. The fraction of sp³-hybridized carbons (Fsp3) is 0.875. The average Bonchev–Trinajstić information content (AvgIpc) is 3.25. The van der Waals surface area contributed by atoms with Crippen LogP contribution < -0.4 is 10.6 Å². The molecular formula is C16H28N2O2. The highest BCUT2D eigenvalue weighted by atomic mass is 16.2. The zero-order valence-corrected chi connectivity index (χ0v) is 13.3. The lowest BCUT2D eigenvalue weighted by Crippen LogP contribution is -2.57. The van der Waals surface area contributed by atoms with Crippen LogP contribution in [-0.2, 0) is 9.59 Å². The molecule has 4 nitrogen and oxygen atoms in total. The highest BCUT2D eigenvalue weighted by molar-refractivity contribution is 5.83. The van der Waals surface area contributed by atoms with E-state index in [-0.39, 0.29) is 35.1 Å². The van der Waals surface area contributed by atoms with Crippen LogP contribution in [0.3, 0.4) is 0 Å². The van der Waals surface area contributed by atoms with Crippen molar-refractivity contribution in [1.29, 1.82) is 0 Å². The molecule has 2 saturated carbocycles. The molecule has 0 spiro atoms. The predicted octanol–water partition coefficient (Wildman–Crippen LogP) is 1.95. The van der Waals surface area contributed by atoms with Crippen LogP contribution in [0, 0.1) is 29.6 Å². The van der Waals surface area contributed by atoms with Crippen LogP contribution in [0.25, 0.3) is 0 Å². The van der Waals surface area contributed by atoms with Gasteiger partial charge in [0.15, 0.2) is 0 Å². The van der Waals surface area contributed by atoms with Crippen molar-refractivity contribution in [2.24, 2.45) is 29.6 Å². The smallest absolute Gasteiger partial charge is 0.223 e. The third-order valence-corrected chi connectivity index (χ3v) is 5.21. The van der Waals surface area contributed by atoms with Crippen molar-refractivity contribution in [1.82, 2.24) is 10.6 Å². The highest BCUT2D eigenvalue weighted by Crippen LogP contribution is 2.39. The molecule has 0 bridgehead atoms. The average molecular weight is 280 g/mol. The van der Waals surface area contributed by atoms with E-state index in [2.05, 4.69) is 38.3 Å². The topological polar surface area (TPSA) is 58.2 Å².